The van der Waals surface area contributed by atoms with Gasteiger partial charge < -0.3 is 14.2 Å². The summed E-state index contributed by atoms with van der Waals surface area (Å²) in [5.41, 5.74) is 5.34. The van der Waals surface area contributed by atoms with Crippen molar-refractivity contribution in [3.63, 3.8) is 0 Å². The Hall–Kier alpha value is -2.42. The topological polar surface area (TPSA) is 71.8 Å². The lowest BCUT2D eigenvalue weighted by Gasteiger charge is -2.26. The fourth-order valence-corrected chi connectivity index (χ4v) is 7.10. The van der Waals surface area contributed by atoms with Crippen molar-refractivity contribution in [3.05, 3.63) is 46.8 Å². The van der Waals surface area contributed by atoms with Gasteiger partial charge in [-0.05, 0) is 62.6 Å². The van der Waals surface area contributed by atoms with Crippen molar-refractivity contribution in [2.75, 3.05) is 38.3 Å². The number of fused-ring (bicyclic) bond motifs is 1. The van der Waals surface area contributed by atoms with E-state index < -0.39 is 10.0 Å². The quantitative estimate of drug-likeness (QED) is 0.613. The molecule has 1 saturated carbocycles. The Morgan fingerprint density at radius 2 is 1.74 bits per heavy atom. The summed E-state index contributed by atoms with van der Waals surface area (Å²) in [6.45, 7) is 5.73. The highest BCUT2D eigenvalue weighted by Gasteiger charge is 2.33. The summed E-state index contributed by atoms with van der Waals surface area (Å²) < 4.78 is 35.7. The van der Waals surface area contributed by atoms with Crippen molar-refractivity contribution >= 4 is 33.3 Å². The summed E-state index contributed by atoms with van der Waals surface area (Å²) in [6.07, 6.45) is 8.15. The van der Waals surface area contributed by atoms with Gasteiger partial charge in [-0.15, -0.1) is 0 Å². The lowest BCUT2D eigenvalue weighted by Crippen LogP contribution is -2.40. The average molecular weight is 484 g/mol. The molecule has 1 amide bonds. The number of nitrogens with zero attached hydrogens (tertiary/aromatic N) is 3. The lowest BCUT2D eigenvalue weighted by atomic mass is 9.95. The van der Waals surface area contributed by atoms with Crippen LogP contribution in [0.15, 0.2) is 29.2 Å². The first-order valence-corrected chi connectivity index (χ1v) is 13.6. The third-order valence-corrected chi connectivity index (χ3v) is 9.42. The minimum absolute atomic E-state index is 0.113. The number of carbonyl (C=O) groups excluding carboxylic acids is 1. The van der Waals surface area contributed by atoms with E-state index in [2.05, 4.69) is 24.5 Å². The van der Waals surface area contributed by atoms with Crippen molar-refractivity contribution < 1.29 is 17.9 Å². The molecule has 2 aliphatic heterocycles. The molecule has 8 heteroatoms. The molecular formula is C26H33N3O4S. The minimum atomic E-state index is -3.65. The predicted molar refractivity (Wildman–Crippen MR) is 133 cm³/mol. The Morgan fingerprint density at radius 1 is 1.03 bits per heavy atom. The zero-order valence-electron chi connectivity index (χ0n) is 20.2. The Bertz CT molecular complexity index is 1250. The minimum Gasteiger partial charge on any atom is -0.379 e. The molecule has 0 spiro atoms. The van der Waals surface area contributed by atoms with Crippen molar-refractivity contribution in [2.45, 2.75) is 56.9 Å². The van der Waals surface area contributed by atoms with E-state index in [-0.39, 0.29) is 10.8 Å². The summed E-state index contributed by atoms with van der Waals surface area (Å²) in [5, 5.41) is 0. The first kappa shape index (κ1) is 23.3. The van der Waals surface area contributed by atoms with E-state index in [0.717, 1.165) is 16.9 Å². The maximum atomic E-state index is 13.2. The van der Waals surface area contributed by atoms with Crippen LogP contribution in [0.3, 0.4) is 0 Å². The number of aromatic nitrogens is 1. The number of benzene rings is 1. The third kappa shape index (κ3) is 3.91. The molecule has 7 nitrogen and oxygen atoms in total. The molecule has 3 aliphatic rings. The van der Waals surface area contributed by atoms with Crippen molar-refractivity contribution in [2.24, 2.45) is 0 Å². The molecule has 0 radical (unpaired) electrons. The molecule has 1 aromatic heterocycles. The van der Waals surface area contributed by atoms with E-state index in [1.807, 2.05) is 6.08 Å². The normalized spacial score (nSPS) is 21.4. The largest absolute Gasteiger partial charge is 0.379 e. The van der Waals surface area contributed by atoms with Crippen LogP contribution < -0.4 is 4.90 Å². The Morgan fingerprint density at radius 3 is 2.44 bits per heavy atom. The lowest BCUT2D eigenvalue weighted by molar-refractivity contribution is -0.112. The zero-order valence-corrected chi connectivity index (χ0v) is 21.0. The van der Waals surface area contributed by atoms with Gasteiger partial charge in [0, 0.05) is 48.7 Å². The van der Waals surface area contributed by atoms with Gasteiger partial charge in [0.1, 0.15) is 0 Å². The van der Waals surface area contributed by atoms with Gasteiger partial charge >= 0.3 is 0 Å². The maximum absolute atomic E-state index is 13.2. The monoisotopic (exact) mass is 483 g/mol. The molecule has 182 valence electrons. The number of hydrogen-bond acceptors (Lipinski definition) is 4. The summed E-state index contributed by atoms with van der Waals surface area (Å²) >= 11 is 0. The van der Waals surface area contributed by atoms with E-state index in [9.17, 15) is 13.2 Å². The molecule has 5 rings (SSSR count). The zero-order chi connectivity index (χ0) is 24.0. The van der Waals surface area contributed by atoms with Gasteiger partial charge in [-0.2, -0.15) is 4.31 Å². The number of hydrogen-bond donors (Lipinski definition) is 0. The van der Waals surface area contributed by atoms with Crippen LogP contribution in [-0.2, 0) is 19.6 Å². The Kier molecular flexibility index (Phi) is 6.16. The van der Waals surface area contributed by atoms with Gasteiger partial charge in [-0.25, -0.2) is 8.42 Å². The first-order valence-electron chi connectivity index (χ1n) is 12.2. The Labute approximate surface area is 202 Å². The van der Waals surface area contributed by atoms with E-state index >= 15 is 0 Å². The van der Waals surface area contributed by atoms with Crippen LogP contribution in [0.4, 0.5) is 5.69 Å². The van der Waals surface area contributed by atoms with Crippen LogP contribution >= 0.6 is 0 Å². The fraction of sp³-hybridized carbons (Fsp3) is 0.500. The first-order chi connectivity index (χ1) is 16.3. The molecular weight excluding hydrogens is 450 g/mol. The van der Waals surface area contributed by atoms with Crippen LogP contribution in [0.2, 0.25) is 0 Å². The van der Waals surface area contributed by atoms with Gasteiger partial charge in [0.25, 0.3) is 5.91 Å². The average Bonchev–Trinajstić information content (AvgIpc) is 3.27. The summed E-state index contributed by atoms with van der Waals surface area (Å²) in [6, 6.07) is 7.67. The van der Waals surface area contributed by atoms with Crippen LogP contribution in [0, 0.1) is 13.8 Å². The summed E-state index contributed by atoms with van der Waals surface area (Å²) in [4.78, 5) is 15.0. The highest BCUT2D eigenvalue weighted by molar-refractivity contribution is 7.89. The van der Waals surface area contributed by atoms with Gasteiger partial charge in [-0.1, -0.05) is 19.3 Å². The second kappa shape index (κ2) is 8.98. The van der Waals surface area contributed by atoms with Crippen LogP contribution in [0.5, 0.6) is 0 Å². The van der Waals surface area contributed by atoms with Crippen LogP contribution in [0.1, 0.15) is 60.7 Å². The summed E-state index contributed by atoms with van der Waals surface area (Å²) in [7, 11) is -1.91. The molecule has 0 N–H and O–H groups in total. The number of morpholine rings is 1. The number of aryl methyl sites for hydroxylation is 1. The molecule has 1 aromatic carbocycles. The van der Waals surface area contributed by atoms with E-state index in [1.54, 1.807) is 30.1 Å². The molecule has 0 unspecified atom stereocenters. The van der Waals surface area contributed by atoms with Crippen molar-refractivity contribution in [1.29, 1.82) is 0 Å². The van der Waals surface area contributed by atoms with Crippen molar-refractivity contribution in [3.8, 4) is 0 Å². The number of ether oxygens (including phenoxy) is 1. The number of anilines is 1. The molecule has 3 heterocycles. The number of carbonyl (C=O) groups is 1. The summed E-state index contributed by atoms with van der Waals surface area (Å²) in [5.74, 6) is -0.113. The van der Waals surface area contributed by atoms with Gasteiger partial charge in [0.05, 0.1) is 23.8 Å². The number of likely N-dealkylation sites (N-methyl/N-ethyl adjacent to an activating group) is 1. The molecule has 2 fully saturated rings. The predicted octanol–water partition coefficient (Wildman–Crippen LogP) is 4.15. The SMILES string of the molecule is Cc1cc(/C=C2\C(=O)N(C)c3ccc(S(=O)(=O)N4CCOCC4)cc32)c(C)n1C1CCCCC1. The molecule has 0 atom stereocenters. The maximum Gasteiger partial charge on any atom is 0.258 e. The van der Waals surface area contributed by atoms with E-state index in [0.29, 0.717) is 43.5 Å². The Balaban J connectivity index is 1.55. The van der Waals surface area contributed by atoms with Gasteiger partial charge in [0.15, 0.2) is 0 Å². The van der Waals surface area contributed by atoms with E-state index in [1.165, 1.54) is 42.1 Å². The number of amides is 1. The molecule has 34 heavy (non-hydrogen) atoms. The third-order valence-electron chi connectivity index (χ3n) is 7.53. The van der Waals surface area contributed by atoms with Gasteiger partial charge in [-0.3, -0.25) is 4.79 Å². The van der Waals surface area contributed by atoms with Crippen LogP contribution in [0.25, 0.3) is 11.6 Å². The number of sulfonamides is 1. The molecule has 0 bridgehead atoms. The van der Waals surface area contributed by atoms with Gasteiger partial charge in [0.2, 0.25) is 10.0 Å². The highest BCUT2D eigenvalue weighted by atomic mass is 32.2. The highest BCUT2D eigenvalue weighted by Crippen LogP contribution is 2.40. The smallest absolute Gasteiger partial charge is 0.258 e. The second-order valence-corrected chi connectivity index (χ2v) is 11.5. The number of rotatable bonds is 4. The van der Waals surface area contributed by atoms with Crippen molar-refractivity contribution in [1.82, 2.24) is 8.87 Å². The molecule has 1 aliphatic carbocycles. The molecule has 1 saturated heterocycles. The molecule has 2 aromatic rings. The van der Waals surface area contributed by atoms with Crippen LogP contribution in [-0.4, -0.2) is 56.5 Å². The standard InChI is InChI=1S/C26H33N3O4S/c1-18-15-20(19(2)29(18)21-7-5-4-6-8-21)16-24-23-17-22(9-10-25(23)27(3)26(24)30)34(31,32)28-11-13-33-14-12-28/h9-10,15-17,21H,4-8,11-14H2,1-3H3/b24-16-. The second-order valence-electron chi connectivity index (χ2n) is 9.61. The fourth-order valence-electron chi connectivity index (χ4n) is 5.67. The van der Waals surface area contributed by atoms with E-state index in [4.69, 9.17) is 4.74 Å².